The second-order valence-corrected chi connectivity index (χ2v) is 4.86. The molecule has 0 radical (unpaired) electrons. The SMILES string of the molecule is NCc1ccc(N2CCCC3(C2)OCCO3)nc1. The van der Waals surface area contributed by atoms with Crippen LogP contribution >= 0.6 is 0 Å². The number of rotatable bonds is 2. The number of aromatic nitrogens is 1. The minimum absolute atomic E-state index is 0.396. The molecule has 0 saturated carbocycles. The van der Waals surface area contributed by atoms with E-state index < -0.39 is 5.79 Å². The molecule has 3 heterocycles. The number of anilines is 1. The third kappa shape index (κ3) is 2.21. The van der Waals surface area contributed by atoms with Gasteiger partial charge in [0.2, 0.25) is 0 Å². The van der Waals surface area contributed by atoms with Crippen molar-refractivity contribution in [3.63, 3.8) is 0 Å². The summed E-state index contributed by atoms with van der Waals surface area (Å²) in [5, 5.41) is 0. The van der Waals surface area contributed by atoms with Crippen LogP contribution < -0.4 is 10.6 Å². The molecular formula is C13H19N3O2. The van der Waals surface area contributed by atoms with E-state index in [1.165, 1.54) is 0 Å². The highest BCUT2D eigenvalue weighted by Gasteiger charge is 2.41. The zero-order chi connectivity index (χ0) is 12.4. The van der Waals surface area contributed by atoms with Gasteiger partial charge < -0.3 is 20.1 Å². The summed E-state index contributed by atoms with van der Waals surface area (Å²) in [4.78, 5) is 6.69. The summed E-state index contributed by atoms with van der Waals surface area (Å²) in [6.07, 6.45) is 3.89. The van der Waals surface area contributed by atoms with Gasteiger partial charge in [-0.15, -0.1) is 0 Å². The van der Waals surface area contributed by atoms with Crippen LogP contribution in [0.25, 0.3) is 0 Å². The Bertz CT molecular complexity index is 401. The monoisotopic (exact) mass is 249 g/mol. The summed E-state index contributed by atoms with van der Waals surface area (Å²) in [6, 6.07) is 4.05. The average molecular weight is 249 g/mol. The third-order valence-electron chi connectivity index (χ3n) is 3.60. The molecule has 0 atom stereocenters. The van der Waals surface area contributed by atoms with E-state index >= 15 is 0 Å². The van der Waals surface area contributed by atoms with Gasteiger partial charge in [0.1, 0.15) is 5.82 Å². The van der Waals surface area contributed by atoms with Crippen LogP contribution in [0.2, 0.25) is 0 Å². The maximum absolute atomic E-state index is 5.77. The Morgan fingerprint density at radius 2 is 2.17 bits per heavy atom. The molecule has 98 valence electrons. The van der Waals surface area contributed by atoms with E-state index in [2.05, 4.69) is 9.88 Å². The lowest BCUT2D eigenvalue weighted by atomic mass is 10.0. The van der Waals surface area contributed by atoms with Gasteiger partial charge >= 0.3 is 0 Å². The molecule has 1 aromatic rings. The van der Waals surface area contributed by atoms with Crippen LogP contribution in [0.1, 0.15) is 18.4 Å². The Hall–Kier alpha value is -1.17. The number of hydrogen-bond donors (Lipinski definition) is 1. The molecule has 0 bridgehead atoms. The van der Waals surface area contributed by atoms with Gasteiger partial charge in [0, 0.05) is 25.7 Å². The van der Waals surface area contributed by atoms with Crippen molar-refractivity contribution in [2.75, 3.05) is 31.2 Å². The molecule has 2 aliphatic heterocycles. The van der Waals surface area contributed by atoms with E-state index in [1.807, 2.05) is 18.3 Å². The molecule has 18 heavy (non-hydrogen) atoms. The molecule has 2 fully saturated rings. The normalized spacial score (nSPS) is 22.6. The molecule has 1 spiro atoms. The summed E-state index contributed by atoms with van der Waals surface area (Å²) >= 11 is 0. The van der Waals surface area contributed by atoms with E-state index in [0.717, 1.165) is 37.3 Å². The second kappa shape index (κ2) is 4.84. The van der Waals surface area contributed by atoms with Crippen molar-refractivity contribution < 1.29 is 9.47 Å². The van der Waals surface area contributed by atoms with Crippen LogP contribution in [0, 0.1) is 0 Å². The van der Waals surface area contributed by atoms with Gasteiger partial charge in [-0.25, -0.2) is 4.98 Å². The van der Waals surface area contributed by atoms with Crippen LogP contribution in [0.5, 0.6) is 0 Å². The van der Waals surface area contributed by atoms with Crippen LogP contribution in [0.15, 0.2) is 18.3 Å². The molecule has 5 nitrogen and oxygen atoms in total. The maximum Gasteiger partial charge on any atom is 0.186 e. The number of piperidine rings is 1. The molecular weight excluding hydrogens is 230 g/mol. The van der Waals surface area contributed by atoms with Crippen LogP contribution in [0.4, 0.5) is 5.82 Å². The maximum atomic E-state index is 5.77. The number of nitrogens with two attached hydrogens (primary N) is 1. The summed E-state index contributed by atoms with van der Waals surface area (Å²) in [7, 11) is 0. The first kappa shape index (κ1) is 11.9. The lowest BCUT2D eigenvalue weighted by Crippen LogP contribution is -2.49. The first-order valence-corrected chi connectivity index (χ1v) is 6.49. The van der Waals surface area contributed by atoms with Crippen molar-refractivity contribution in [1.29, 1.82) is 0 Å². The summed E-state index contributed by atoms with van der Waals surface area (Å²) in [5.74, 6) is 0.581. The van der Waals surface area contributed by atoms with Gasteiger partial charge in [-0.2, -0.15) is 0 Å². The minimum Gasteiger partial charge on any atom is -0.351 e. The quantitative estimate of drug-likeness (QED) is 0.843. The van der Waals surface area contributed by atoms with Crippen molar-refractivity contribution in [2.45, 2.75) is 25.2 Å². The lowest BCUT2D eigenvalue weighted by Gasteiger charge is -2.39. The first-order valence-electron chi connectivity index (χ1n) is 6.49. The zero-order valence-electron chi connectivity index (χ0n) is 10.5. The largest absolute Gasteiger partial charge is 0.351 e. The molecule has 1 aromatic heterocycles. The highest BCUT2D eigenvalue weighted by atomic mass is 16.7. The van der Waals surface area contributed by atoms with Gasteiger partial charge in [-0.3, -0.25) is 0 Å². The van der Waals surface area contributed by atoms with Gasteiger partial charge in [0.15, 0.2) is 5.79 Å². The van der Waals surface area contributed by atoms with Gasteiger partial charge in [0.25, 0.3) is 0 Å². The Balaban J connectivity index is 1.74. The highest BCUT2D eigenvalue weighted by molar-refractivity contribution is 5.40. The number of nitrogens with zero attached hydrogens (tertiary/aromatic N) is 2. The number of hydrogen-bond acceptors (Lipinski definition) is 5. The van der Waals surface area contributed by atoms with Crippen molar-refractivity contribution in [3.05, 3.63) is 23.9 Å². The fraction of sp³-hybridized carbons (Fsp3) is 0.615. The van der Waals surface area contributed by atoms with Crippen molar-refractivity contribution in [2.24, 2.45) is 5.73 Å². The molecule has 3 rings (SSSR count). The summed E-state index contributed by atoms with van der Waals surface area (Å²) in [5.41, 5.74) is 6.63. The van der Waals surface area contributed by atoms with Crippen LogP contribution in [0.3, 0.4) is 0 Å². The lowest BCUT2D eigenvalue weighted by molar-refractivity contribution is -0.161. The topological polar surface area (TPSA) is 60.6 Å². The van der Waals surface area contributed by atoms with Crippen molar-refractivity contribution in [3.8, 4) is 0 Å². The molecule has 0 amide bonds. The third-order valence-corrected chi connectivity index (χ3v) is 3.60. The smallest absolute Gasteiger partial charge is 0.186 e. The number of ether oxygens (including phenoxy) is 2. The van der Waals surface area contributed by atoms with E-state index in [0.29, 0.717) is 19.8 Å². The fourth-order valence-electron chi connectivity index (χ4n) is 2.64. The van der Waals surface area contributed by atoms with Crippen molar-refractivity contribution >= 4 is 5.82 Å². The summed E-state index contributed by atoms with van der Waals surface area (Å²) in [6.45, 7) is 3.70. The van der Waals surface area contributed by atoms with E-state index in [4.69, 9.17) is 15.2 Å². The van der Waals surface area contributed by atoms with Crippen LogP contribution in [-0.2, 0) is 16.0 Å². The predicted molar refractivity (Wildman–Crippen MR) is 68.2 cm³/mol. The molecule has 2 saturated heterocycles. The highest BCUT2D eigenvalue weighted by Crippen LogP contribution is 2.31. The summed E-state index contributed by atoms with van der Waals surface area (Å²) < 4.78 is 11.5. The van der Waals surface area contributed by atoms with E-state index in [-0.39, 0.29) is 0 Å². The van der Waals surface area contributed by atoms with Gasteiger partial charge in [-0.1, -0.05) is 6.07 Å². The molecule has 5 heteroatoms. The van der Waals surface area contributed by atoms with E-state index in [9.17, 15) is 0 Å². The zero-order valence-corrected chi connectivity index (χ0v) is 10.5. The molecule has 0 aromatic carbocycles. The van der Waals surface area contributed by atoms with Crippen LogP contribution in [-0.4, -0.2) is 37.1 Å². The molecule has 0 unspecified atom stereocenters. The Labute approximate surface area is 107 Å². The van der Waals surface area contributed by atoms with Gasteiger partial charge in [0.05, 0.1) is 19.8 Å². The molecule has 2 N–H and O–H groups in total. The Morgan fingerprint density at radius 1 is 1.33 bits per heavy atom. The fourth-order valence-corrected chi connectivity index (χ4v) is 2.64. The predicted octanol–water partition coefficient (Wildman–Crippen LogP) is 0.884. The van der Waals surface area contributed by atoms with Crippen molar-refractivity contribution in [1.82, 2.24) is 4.98 Å². The first-order chi connectivity index (χ1) is 8.81. The second-order valence-electron chi connectivity index (χ2n) is 4.86. The standard InChI is InChI=1S/C13H19N3O2/c14-8-11-2-3-12(15-9-11)16-5-1-4-13(10-16)17-6-7-18-13/h2-3,9H,1,4-8,10,14H2. The van der Waals surface area contributed by atoms with Gasteiger partial charge in [-0.05, 0) is 18.1 Å². The minimum atomic E-state index is -0.396. The Kier molecular flexibility index (Phi) is 3.20. The molecule has 0 aliphatic carbocycles. The Morgan fingerprint density at radius 3 is 2.83 bits per heavy atom. The molecule has 2 aliphatic rings. The number of pyridine rings is 1. The van der Waals surface area contributed by atoms with E-state index in [1.54, 1.807) is 0 Å². The average Bonchev–Trinajstić information content (AvgIpc) is 2.87.